The smallest absolute Gasteiger partial charge is 0.251 e. The number of benzene rings is 2. The normalized spacial score (nSPS) is 30.3. The van der Waals surface area contributed by atoms with E-state index in [1.165, 1.54) is 0 Å². The number of thioether (sulfide) groups is 1. The Labute approximate surface area is 252 Å². The summed E-state index contributed by atoms with van der Waals surface area (Å²) in [6.45, 7) is 7.44. The lowest BCUT2D eigenvalue weighted by molar-refractivity contribution is -0.139. The van der Waals surface area contributed by atoms with Gasteiger partial charge in [0.15, 0.2) is 0 Å². The second-order valence-electron chi connectivity index (χ2n) is 12.1. The monoisotopic (exact) mass is 585 g/mol. The van der Waals surface area contributed by atoms with E-state index in [4.69, 9.17) is 0 Å². The van der Waals surface area contributed by atoms with E-state index in [9.17, 15) is 19.5 Å². The Balaban J connectivity index is 1.46. The van der Waals surface area contributed by atoms with Gasteiger partial charge in [-0.1, -0.05) is 60.7 Å². The van der Waals surface area contributed by atoms with Crippen molar-refractivity contribution in [1.29, 1.82) is 0 Å². The lowest BCUT2D eigenvalue weighted by atomic mass is 9.74. The van der Waals surface area contributed by atoms with Crippen LogP contribution in [0.4, 0.5) is 11.4 Å². The number of carbonyl (C=O) groups excluding carboxylic acids is 3. The summed E-state index contributed by atoms with van der Waals surface area (Å²) in [5.41, 5.74) is 3.71. The minimum Gasteiger partial charge on any atom is -0.396 e. The molecule has 2 saturated heterocycles. The molecular formula is C34H39N3O4S. The Morgan fingerprint density at radius 3 is 2.21 bits per heavy atom. The highest BCUT2D eigenvalue weighted by Crippen LogP contribution is 2.65. The second-order valence-corrected chi connectivity index (χ2v) is 13.9. The van der Waals surface area contributed by atoms with Gasteiger partial charge >= 0.3 is 0 Å². The number of aryl methyl sites for hydroxylation is 2. The van der Waals surface area contributed by atoms with Crippen LogP contribution in [0.25, 0.3) is 0 Å². The number of likely N-dealkylation sites (tertiary alicyclic amines) is 1. The number of amides is 3. The number of hydrogen-bond acceptors (Lipinski definition) is 5. The average molecular weight is 586 g/mol. The Morgan fingerprint density at radius 1 is 0.810 bits per heavy atom. The number of rotatable bonds is 7. The van der Waals surface area contributed by atoms with Gasteiger partial charge in [-0.25, -0.2) is 0 Å². The lowest BCUT2D eigenvalue weighted by Crippen LogP contribution is -2.53. The van der Waals surface area contributed by atoms with Crippen LogP contribution < -0.4 is 9.80 Å². The molecule has 8 heteroatoms. The van der Waals surface area contributed by atoms with E-state index < -0.39 is 27.4 Å². The third-order valence-electron chi connectivity index (χ3n) is 9.39. The molecule has 2 aromatic rings. The first kappa shape index (κ1) is 28.7. The molecule has 0 radical (unpaired) electrons. The molecule has 6 rings (SSSR count). The van der Waals surface area contributed by atoms with E-state index in [1.54, 1.807) is 21.6 Å². The van der Waals surface area contributed by atoms with Gasteiger partial charge in [0.05, 0.1) is 16.6 Å². The summed E-state index contributed by atoms with van der Waals surface area (Å²) in [7, 11) is 0. The topological polar surface area (TPSA) is 81.2 Å². The van der Waals surface area contributed by atoms with Crippen LogP contribution in [0.3, 0.4) is 0 Å². The van der Waals surface area contributed by atoms with Crippen LogP contribution in [0.2, 0.25) is 0 Å². The summed E-state index contributed by atoms with van der Waals surface area (Å²) in [6.07, 6.45) is 10.3. The van der Waals surface area contributed by atoms with Crippen molar-refractivity contribution in [3.63, 3.8) is 0 Å². The van der Waals surface area contributed by atoms with Crippen molar-refractivity contribution in [3.05, 3.63) is 84.0 Å². The summed E-state index contributed by atoms with van der Waals surface area (Å²) in [4.78, 5) is 49.3. The molecule has 0 aromatic heterocycles. The highest BCUT2D eigenvalue weighted by molar-refractivity contribution is 8.02. The summed E-state index contributed by atoms with van der Waals surface area (Å²) in [6, 6.07) is 14.9. The Bertz CT molecular complexity index is 1440. The van der Waals surface area contributed by atoms with Crippen molar-refractivity contribution in [2.45, 2.75) is 55.6 Å². The van der Waals surface area contributed by atoms with E-state index in [0.29, 0.717) is 32.5 Å². The van der Waals surface area contributed by atoms with Crippen LogP contribution in [0.1, 0.15) is 37.3 Å². The van der Waals surface area contributed by atoms with Gasteiger partial charge in [0.25, 0.3) is 5.91 Å². The summed E-state index contributed by atoms with van der Waals surface area (Å²) < 4.78 is -1.53. The molecule has 220 valence electrons. The first-order valence-corrected chi connectivity index (χ1v) is 15.8. The molecule has 7 nitrogen and oxygen atoms in total. The van der Waals surface area contributed by atoms with Gasteiger partial charge in [0, 0.05) is 42.4 Å². The zero-order valence-corrected chi connectivity index (χ0v) is 25.3. The number of hydrogen-bond donors (Lipinski definition) is 1. The van der Waals surface area contributed by atoms with Gasteiger partial charge in [-0.2, -0.15) is 0 Å². The molecule has 2 fully saturated rings. The van der Waals surface area contributed by atoms with Crippen molar-refractivity contribution in [2.75, 3.05) is 36.0 Å². The molecule has 3 amide bonds. The number of para-hydroxylation sites is 2. The Hall–Kier alpha value is -3.36. The number of unbranched alkanes of at least 4 members (excludes halogenated alkanes) is 2. The first-order chi connectivity index (χ1) is 20.2. The third-order valence-corrected chi connectivity index (χ3v) is 11.2. The zero-order valence-electron chi connectivity index (χ0n) is 24.5. The largest absolute Gasteiger partial charge is 0.396 e. The van der Waals surface area contributed by atoms with Gasteiger partial charge in [-0.15, -0.1) is 11.8 Å². The molecule has 1 spiro atoms. The van der Waals surface area contributed by atoms with Crippen LogP contribution >= 0.6 is 11.8 Å². The number of aliphatic hydroxyl groups excluding tert-OH is 1. The van der Waals surface area contributed by atoms with Crippen LogP contribution in [0, 0.1) is 25.7 Å². The standard InChI is InChI=1S/C34H39N3O4S/c1-23-13-10-14-24(2)28(23)36-21-12-18-34-27(31(40)37(29(34)32(36)41)19-8-5-9-22-38)26-30(39)35(25-15-6-4-7-16-25)20-11-17-33(26,3)42-34/h4,6-7,10-18,26-27,29,38H,5,8-9,19-22H2,1-3H3/t26-,27-,29?,33+,34-/m0/s1. The van der Waals surface area contributed by atoms with Crippen molar-refractivity contribution < 1.29 is 19.5 Å². The van der Waals surface area contributed by atoms with E-state index >= 15 is 0 Å². The van der Waals surface area contributed by atoms with Crippen LogP contribution in [-0.4, -0.2) is 69.5 Å². The Kier molecular flexibility index (Phi) is 7.56. The molecule has 4 aliphatic rings. The number of anilines is 2. The molecule has 1 unspecified atom stereocenters. The van der Waals surface area contributed by atoms with Crippen LogP contribution in [0.5, 0.6) is 0 Å². The highest BCUT2D eigenvalue weighted by atomic mass is 32.2. The predicted octanol–water partition coefficient (Wildman–Crippen LogP) is 4.66. The molecule has 5 atom stereocenters. The first-order valence-electron chi connectivity index (χ1n) is 14.9. The second kappa shape index (κ2) is 11.0. The van der Waals surface area contributed by atoms with Gasteiger partial charge in [0.1, 0.15) is 6.04 Å². The number of fused-ring (bicyclic) bond motifs is 2. The Morgan fingerprint density at radius 2 is 1.50 bits per heavy atom. The van der Waals surface area contributed by atoms with Crippen molar-refractivity contribution in [3.8, 4) is 0 Å². The lowest BCUT2D eigenvalue weighted by Gasteiger charge is -2.37. The fourth-order valence-electron chi connectivity index (χ4n) is 7.60. The predicted molar refractivity (Wildman–Crippen MR) is 167 cm³/mol. The molecule has 2 aromatic carbocycles. The quantitative estimate of drug-likeness (QED) is 0.378. The molecule has 0 aliphatic carbocycles. The molecule has 4 heterocycles. The molecule has 1 N–H and O–H groups in total. The zero-order chi connectivity index (χ0) is 29.6. The van der Waals surface area contributed by atoms with Crippen LogP contribution in [-0.2, 0) is 14.4 Å². The molecule has 0 bridgehead atoms. The van der Waals surface area contributed by atoms with E-state index in [1.807, 2.05) is 79.4 Å². The number of aliphatic hydroxyl groups is 1. The summed E-state index contributed by atoms with van der Waals surface area (Å²) in [5.74, 6) is -1.59. The fourth-order valence-corrected chi connectivity index (χ4v) is 9.76. The summed E-state index contributed by atoms with van der Waals surface area (Å²) >= 11 is 1.62. The fraction of sp³-hybridized carbons (Fsp3) is 0.441. The van der Waals surface area contributed by atoms with Gasteiger partial charge in [-0.05, 0) is 63.3 Å². The SMILES string of the molecule is Cc1cccc(C)c1N1CC=C[C@]23S[C@]4(C)C=CCN(c5ccccc5)C(=O)[C@@H]4[C@H]2C(=O)N(CCCCCO)C3C1=O. The van der Waals surface area contributed by atoms with E-state index in [-0.39, 0.29) is 24.3 Å². The van der Waals surface area contributed by atoms with Crippen molar-refractivity contribution >= 4 is 40.9 Å². The number of nitrogens with zero attached hydrogens (tertiary/aromatic N) is 3. The molecule has 42 heavy (non-hydrogen) atoms. The minimum absolute atomic E-state index is 0.0750. The molecule has 0 saturated carbocycles. The maximum absolute atomic E-state index is 14.8. The average Bonchev–Trinajstić information content (AvgIpc) is 3.23. The maximum atomic E-state index is 14.8. The third kappa shape index (κ3) is 4.42. The van der Waals surface area contributed by atoms with E-state index in [2.05, 4.69) is 19.1 Å². The highest BCUT2D eigenvalue weighted by Gasteiger charge is 2.74. The van der Waals surface area contributed by atoms with Crippen molar-refractivity contribution in [2.24, 2.45) is 11.8 Å². The van der Waals surface area contributed by atoms with Gasteiger partial charge in [0.2, 0.25) is 11.8 Å². The number of carbonyl (C=O) groups is 3. The molecule has 4 aliphatic heterocycles. The van der Waals surface area contributed by atoms with Crippen LogP contribution in [0.15, 0.2) is 72.8 Å². The molecular weight excluding hydrogens is 546 g/mol. The maximum Gasteiger partial charge on any atom is 0.251 e. The van der Waals surface area contributed by atoms with Gasteiger partial charge < -0.3 is 19.8 Å². The summed E-state index contributed by atoms with van der Waals surface area (Å²) in [5, 5.41) is 9.35. The van der Waals surface area contributed by atoms with Gasteiger partial charge in [-0.3, -0.25) is 14.4 Å². The van der Waals surface area contributed by atoms with Crippen molar-refractivity contribution in [1.82, 2.24) is 4.90 Å². The van der Waals surface area contributed by atoms with E-state index in [0.717, 1.165) is 28.9 Å². The minimum atomic E-state index is -0.879.